The average Bonchev–Trinajstić information content (AvgIpc) is 2.78. The van der Waals surface area contributed by atoms with Crippen molar-refractivity contribution in [2.75, 3.05) is 23.3 Å². The van der Waals surface area contributed by atoms with Crippen LogP contribution in [0, 0.1) is 25.6 Å². The summed E-state index contributed by atoms with van der Waals surface area (Å²) in [6, 6.07) is 12.5. The zero-order valence-electron chi connectivity index (χ0n) is 17.6. The standard InChI is InChI=1S/C24H25FN4O2/c1-16-9-10-19(14-20(16)25)28-23(30)18-7-5-13-29(15-18)22-24(27-12-11-26-22)31-21-8-4-3-6-17(21)2/h3-4,6,8-12,14,18H,5,7,13,15H2,1-2H3,(H,28,30)/t18-/m1/s1. The Morgan fingerprint density at radius 1 is 1.13 bits per heavy atom. The van der Waals surface area contributed by atoms with E-state index in [1.807, 2.05) is 36.1 Å². The Bertz CT molecular complexity index is 1090. The maximum absolute atomic E-state index is 13.8. The highest BCUT2D eigenvalue weighted by molar-refractivity contribution is 5.93. The maximum atomic E-state index is 13.8. The Morgan fingerprint density at radius 3 is 2.74 bits per heavy atom. The van der Waals surface area contributed by atoms with Crippen molar-refractivity contribution in [3.05, 3.63) is 71.8 Å². The Morgan fingerprint density at radius 2 is 1.94 bits per heavy atom. The van der Waals surface area contributed by atoms with Gasteiger partial charge >= 0.3 is 0 Å². The molecule has 2 heterocycles. The van der Waals surface area contributed by atoms with Crippen LogP contribution in [0.1, 0.15) is 24.0 Å². The molecule has 1 aliphatic heterocycles. The Labute approximate surface area is 181 Å². The lowest BCUT2D eigenvalue weighted by molar-refractivity contribution is -0.120. The molecule has 0 spiro atoms. The normalized spacial score (nSPS) is 16.1. The molecule has 4 rings (SSSR count). The molecule has 1 amide bonds. The zero-order valence-corrected chi connectivity index (χ0v) is 17.6. The molecule has 1 aliphatic rings. The van der Waals surface area contributed by atoms with Crippen molar-refractivity contribution in [3.8, 4) is 11.6 Å². The average molecular weight is 420 g/mol. The molecule has 160 valence electrons. The molecule has 0 radical (unpaired) electrons. The smallest absolute Gasteiger partial charge is 0.263 e. The molecule has 1 fully saturated rings. The second kappa shape index (κ2) is 9.12. The molecular formula is C24H25FN4O2. The van der Waals surface area contributed by atoms with Crippen LogP contribution >= 0.6 is 0 Å². The van der Waals surface area contributed by atoms with Gasteiger partial charge in [-0.3, -0.25) is 4.79 Å². The summed E-state index contributed by atoms with van der Waals surface area (Å²) in [4.78, 5) is 23.7. The van der Waals surface area contributed by atoms with E-state index in [2.05, 4.69) is 15.3 Å². The van der Waals surface area contributed by atoms with Crippen molar-refractivity contribution < 1.29 is 13.9 Å². The largest absolute Gasteiger partial charge is 0.436 e. The minimum absolute atomic E-state index is 0.127. The summed E-state index contributed by atoms with van der Waals surface area (Å²) in [5, 5.41) is 2.84. The number of hydrogen-bond donors (Lipinski definition) is 1. The van der Waals surface area contributed by atoms with Crippen LogP contribution < -0.4 is 15.0 Å². The van der Waals surface area contributed by atoms with Gasteiger partial charge in [0.1, 0.15) is 11.6 Å². The number of anilines is 2. The number of nitrogens with zero attached hydrogens (tertiary/aromatic N) is 3. The number of para-hydroxylation sites is 1. The zero-order chi connectivity index (χ0) is 21.8. The highest BCUT2D eigenvalue weighted by atomic mass is 19.1. The van der Waals surface area contributed by atoms with Gasteiger partial charge in [-0.1, -0.05) is 24.3 Å². The maximum Gasteiger partial charge on any atom is 0.263 e. The highest BCUT2D eigenvalue weighted by Gasteiger charge is 2.29. The lowest BCUT2D eigenvalue weighted by atomic mass is 9.97. The molecular weight excluding hydrogens is 395 g/mol. The minimum atomic E-state index is -0.333. The summed E-state index contributed by atoms with van der Waals surface area (Å²) in [7, 11) is 0. The van der Waals surface area contributed by atoms with Crippen LogP contribution in [0.4, 0.5) is 15.9 Å². The van der Waals surface area contributed by atoms with E-state index in [9.17, 15) is 9.18 Å². The van der Waals surface area contributed by atoms with Gasteiger partial charge in [-0.25, -0.2) is 14.4 Å². The molecule has 1 atom stereocenters. The minimum Gasteiger partial charge on any atom is -0.436 e. The highest BCUT2D eigenvalue weighted by Crippen LogP contribution is 2.32. The van der Waals surface area contributed by atoms with Crippen molar-refractivity contribution in [3.63, 3.8) is 0 Å². The van der Waals surface area contributed by atoms with Gasteiger partial charge in [-0.15, -0.1) is 0 Å². The fraction of sp³-hybridized carbons (Fsp3) is 0.292. The van der Waals surface area contributed by atoms with Crippen molar-refractivity contribution >= 4 is 17.4 Å². The van der Waals surface area contributed by atoms with Crippen molar-refractivity contribution in [2.24, 2.45) is 5.92 Å². The van der Waals surface area contributed by atoms with E-state index in [4.69, 9.17) is 4.74 Å². The van der Waals surface area contributed by atoms with Crippen LogP contribution in [-0.4, -0.2) is 29.0 Å². The van der Waals surface area contributed by atoms with Gasteiger partial charge in [-0.2, -0.15) is 0 Å². The van der Waals surface area contributed by atoms with Gasteiger partial charge in [0.25, 0.3) is 5.88 Å². The first-order valence-corrected chi connectivity index (χ1v) is 10.4. The van der Waals surface area contributed by atoms with E-state index in [1.165, 1.54) is 6.07 Å². The van der Waals surface area contributed by atoms with Gasteiger partial charge in [0.05, 0.1) is 5.92 Å². The van der Waals surface area contributed by atoms with Crippen molar-refractivity contribution in [2.45, 2.75) is 26.7 Å². The van der Waals surface area contributed by atoms with Crippen LogP contribution in [0.3, 0.4) is 0 Å². The van der Waals surface area contributed by atoms with Gasteiger partial charge in [-0.05, 0) is 56.0 Å². The Balaban J connectivity index is 1.49. The van der Waals surface area contributed by atoms with E-state index in [1.54, 1.807) is 31.5 Å². The molecule has 7 heteroatoms. The van der Waals surface area contributed by atoms with Crippen LogP contribution in [0.5, 0.6) is 11.6 Å². The molecule has 31 heavy (non-hydrogen) atoms. The van der Waals surface area contributed by atoms with E-state index in [0.29, 0.717) is 29.5 Å². The van der Waals surface area contributed by atoms with Crippen LogP contribution in [0.15, 0.2) is 54.9 Å². The first kappa shape index (κ1) is 20.8. The van der Waals surface area contributed by atoms with Crippen LogP contribution in [0.25, 0.3) is 0 Å². The molecule has 1 N–H and O–H groups in total. The Hall–Kier alpha value is -3.48. The Kier molecular flexibility index (Phi) is 6.11. The fourth-order valence-corrected chi connectivity index (χ4v) is 3.68. The first-order valence-electron chi connectivity index (χ1n) is 10.4. The second-order valence-electron chi connectivity index (χ2n) is 7.79. The molecule has 6 nitrogen and oxygen atoms in total. The third kappa shape index (κ3) is 4.82. The monoisotopic (exact) mass is 420 g/mol. The third-order valence-electron chi connectivity index (χ3n) is 5.48. The van der Waals surface area contributed by atoms with Crippen LogP contribution in [-0.2, 0) is 4.79 Å². The predicted molar refractivity (Wildman–Crippen MR) is 118 cm³/mol. The van der Waals surface area contributed by atoms with E-state index >= 15 is 0 Å². The topological polar surface area (TPSA) is 67.4 Å². The van der Waals surface area contributed by atoms with E-state index < -0.39 is 0 Å². The number of carbonyl (C=O) groups excluding carboxylic acids is 1. The SMILES string of the molecule is Cc1ccc(NC(=O)[C@@H]2CCCN(c3nccnc3Oc3ccccc3C)C2)cc1F. The summed E-state index contributed by atoms with van der Waals surface area (Å²) in [6.45, 7) is 4.91. The lowest BCUT2D eigenvalue weighted by Gasteiger charge is -2.33. The fourth-order valence-electron chi connectivity index (χ4n) is 3.68. The van der Waals surface area contributed by atoms with Gasteiger partial charge < -0.3 is 15.0 Å². The first-order chi connectivity index (χ1) is 15.0. The molecule has 2 aromatic carbocycles. The molecule has 0 aliphatic carbocycles. The molecule has 0 unspecified atom stereocenters. The number of piperidine rings is 1. The van der Waals surface area contributed by atoms with Crippen LogP contribution in [0.2, 0.25) is 0 Å². The molecule has 3 aromatic rings. The number of nitrogens with one attached hydrogen (secondary N) is 1. The third-order valence-corrected chi connectivity index (χ3v) is 5.48. The van der Waals surface area contributed by atoms with Crippen molar-refractivity contribution in [1.82, 2.24) is 9.97 Å². The lowest BCUT2D eigenvalue weighted by Crippen LogP contribution is -2.41. The van der Waals surface area contributed by atoms with Gasteiger partial charge in [0.2, 0.25) is 5.91 Å². The molecule has 0 saturated carbocycles. The summed E-state index contributed by atoms with van der Waals surface area (Å²) in [5.74, 6) is 1.05. The number of benzene rings is 2. The summed E-state index contributed by atoms with van der Waals surface area (Å²) in [5.41, 5.74) is 2.01. The second-order valence-corrected chi connectivity index (χ2v) is 7.79. The van der Waals surface area contributed by atoms with E-state index in [0.717, 1.165) is 30.7 Å². The molecule has 1 aromatic heterocycles. The summed E-state index contributed by atoms with van der Waals surface area (Å²) < 4.78 is 19.9. The summed E-state index contributed by atoms with van der Waals surface area (Å²) in [6.07, 6.45) is 4.81. The quantitative estimate of drug-likeness (QED) is 0.637. The number of carbonyl (C=O) groups is 1. The van der Waals surface area contributed by atoms with Gasteiger partial charge in [0.15, 0.2) is 5.82 Å². The number of rotatable bonds is 5. The molecule has 0 bridgehead atoms. The number of aryl methyl sites for hydroxylation is 2. The number of ether oxygens (including phenoxy) is 1. The number of halogens is 1. The van der Waals surface area contributed by atoms with Gasteiger partial charge in [0, 0.05) is 31.2 Å². The van der Waals surface area contributed by atoms with E-state index in [-0.39, 0.29) is 17.6 Å². The predicted octanol–water partition coefficient (Wildman–Crippen LogP) is 4.88. The number of hydrogen-bond acceptors (Lipinski definition) is 5. The summed E-state index contributed by atoms with van der Waals surface area (Å²) >= 11 is 0. The van der Waals surface area contributed by atoms with Crippen molar-refractivity contribution in [1.29, 1.82) is 0 Å². The number of amides is 1. The molecule has 1 saturated heterocycles. The number of aromatic nitrogens is 2.